The number of carbonyl (C=O) groups excluding carboxylic acids is 1. The Morgan fingerprint density at radius 1 is 0.950 bits per heavy atom. The molecule has 20 heavy (non-hydrogen) atoms. The molecule has 3 aromatic rings. The van der Waals surface area contributed by atoms with Crippen LogP contribution in [0.15, 0.2) is 66.9 Å². The Labute approximate surface area is 116 Å². The Kier molecular flexibility index (Phi) is 3.29. The summed E-state index contributed by atoms with van der Waals surface area (Å²) in [5, 5.41) is 9.71. The number of hydrogen-bond acceptors (Lipinski definition) is 2. The van der Waals surface area contributed by atoms with E-state index in [1.54, 1.807) is 18.3 Å². The molecule has 1 amide bonds. The number of anilines is 1. The summed E-state index contributed by atoms with van der Waals surface area (Å²) in [5.41, 5.74) is 2.48. The van der Waals surface area contributed by atoms with E-state index < -0.39 is 0 Å². The van der Waals surface area contributed by atoms with Crippen molar-refractivity contribution in [2.45, 2.75) is 0 Å². The molecule has 1 aromatic heterocycles. The molecule has 0 saturated carbocycles. The average Bonchev–Trinajstić information content (AvgIpc) is 2.97. The molecule has 2 N–H and O–H groups in total. The van der Waals surface area contributed by atoms with Crippen molar-refractivity contribution in [1.82, 2.24) is 10.2 Å². The minimum Gasteiger partial charge on any atom is -0.305 e. The van der Waals surface area contributed by atoms with Crippen LogP contribution in [-0.2, 0) is 0 Å². The van der Waals surface area contributed by atoms with E-state index in [0.717, 1.165) is 11.1 Å². The highest BCUT2D eigenvalue weighted by atomic mass is 16.1. The minimum atomic E-state index is -0.171. The highest BCUT2D eigenvalue weighted by Gasteiger charge is 2.12. The summed E-state index contributed by atoms with van der Waals surface area (Å²) in [4.78, 5) is 12.1. The predicted molar refractivity (Wildman–Crippen MR) is 78.4 cm³/mol. The fourth-order valence-electron chi connectivity index (χ4n) is 1.99. The van der Waals surface area contributed by atoms with Crippen LogP contribution >= 0.6 is 0 Å². The van der Waals surface area contributed by atoms with Gasteiger partial charge in [0.1, 0.15) is 0 Å². The van der Waals surface area contributed by atoms with E-state index in [2.05, 4.69) is 15.5 Å². The third-order valence-electron chi connectivity index (χ3n) is 2.99. The van der Waals surface area contributed by atoms with Gasteiger partial charge in [0.25, 0.3) is 5.91 Å². The molecule has 0 atom stereocenters. The van der Waals surface area contributed by atoms with Crippen LogP contribution in [0.5, 0.6) is 0 Å². The smallest absolute Gasteiger partial charge is 0.256 e. The molecular formula is C16H13N3O. The van der Waals surface area contributed by atoms with Gasteiger partial charge in [0, 0.05) is 17.3 Å². The van der Waals surface area contributed by atoms with Gasteiger partial charge < -0.3 is 5.32 Å². The van der Waals surface area contributed by atoms with Crippen molar-refractivity contribution in [1.29, 1.82) is 0 Å². The number of aromatic nitrogens is 2. The van der Waals surface area contributed by atoms with E-state index in [4.69, 9.17) is 0 Å². The van der Waals surface area contributed by atoms with Crippen molar-refractivity contribution in [2.24, 2.45) is 0 Å². The first-order valence-corrected chi connectivity index (χ1v) is 6.30. The van der Waals surface area contributed by atoms with Gasteiger partial charge in [-0.15, -0.1) is 0 Å². The molecule has 0 aliphatic rings. The van der Waals surface area contributed by atoms with Crippen LogP contribution < -0.4 is 5.32 Å². The predicted octanol–water partition coefficient (Wildman–Crippen LogP) is 3.33. The highest BCUT2D eigenvalue weighted by molar-refractivity contribution is 6.05. The summed E-state index contributed by atoms with van der Waals surface area (Å²) in [6.07, 6.45) is 1.77. The number of hydrogen-bond donors (Lipinski definition) is 2. The number of amides is 1. The normalized spacial score (nSPS) is 10.2. The first-order chi connectivity index (χ1) is 9.84. The molecule has 0 fully saturated rings. The number of rotatable bonds is 3. The number of aromatic amines is 1. The van der Waals surface area contributed by atoms with Crippen molar-refractivity contribution < 1.29 is 4.79 Å². The zero-order chi connectivity index (χ0) is 13.8. The van der Waals surface area contributed by atoms with Crippen LogP contribution in [0.4, 0.5) is 5.82 Å². The highest BCUT2D eigenvalue weighted by Crippen LogP contribution is 2.25. The van der Waals surface area contributed by atoms with Crippen molar-refractivity contribution >= 4 is 11.7 Å². The largest absolute Gasteiger partial charge is 0.305 e. The Balaban J connectivity index is 1.86. The van der Waals surface area contributed by atoms with Crippen LogP contribution in [0.25, 0.3) is 11.1 Å². The second kappa shape index (κ2) is 5.40. The number of carbonyl (C=O) groups is 1. The van der Waals surface area contributed by atoms with Gasteiger partial charge in [-0.3, -0.25) is 9.89 Å². The van der Waals surface area contributed by atoms with Gasteiger partial charge in [-0.1, -0.05) is 48.5 Å². The van der Waals surface area contributed by atoms with E-state index in [0.29, 0.717) is 11.4 Å². The Morgan fingerprint density at radius 3 is 2.30 bits per heavy atom. The number of benzene rings is 2. The fourth-order valence-corrected chi connectivity index (χ4v) is 1.99. The van der Waals surface area contributed by atoms with Gasteiger partial charge in [0.05, 0.1) is 0 Å². The molecule has 0 aliphatic carbocycles. The molecule has 0 radical (unpaired) electrons. The molecule has 98 valence electrons. The molecule has 1 heterocycles. The minimum absolute atomic E-state index is 0.171. The van der Waals surface area contributed by atoms with E-state index >= 15 is 0 Å². The van der Waals surface area contributed by atoms with Crippen LogP contribution in [0.2, 0.25) is 0 Å². The molecule has 2 aromatic carbocycles. The van der Waals surface area contributed by atoms with Crippen molar-refractivity contribution in [3.8, 4) is 11.1 Å². The summed E-state index contributed by atoms with van der Waals surface area (Å²) >= 11 is 0. The quantitative estimate of drug-likeness (QED) is 0.761. The van der Waals surface area contributed by atoms with Crippen molar-refractivity contribution in [2.75, 3.05) is 5.32 Å². The van der Waals surface area contributed by atoms with Gasteiger partial charge in [0.15, 0.2) is 5.82 Å². The Morgan fingerprint density at radius 2 is 1.60 bits per heavy atom. The van der Waals surface area contributed by atoms with Gasteiger partial charge >= 0.3 is 0 Å². The third-order valence-corrected chi connectivity index (χ3v) is 2.99. The Hall–Kier alpha value is -2.88. The van der Waals surface area contributed by atoms with Crippen molar-refractivity contribution in [3.05, 3.63) is 72.4 Å². The van der Waals surface area contributed by atoms with Gasteiger partial charge in [-0.2, -0.15) is 5.10 Å². The zero-order valence-corrected chi connectivity index (χ0v) is 10.7. The third kappa shape index (κ3) is 2.44. The average molecular weight is 263 g/mol. The van der Waals surface area contributed by atoms with E-state index in [1.807, 2.05) is 48.5 Å². The van der Waals surface area contributed by atoms with Gasteiger partial charge in [0.2, 0.25) is 0 Å². The molecule has 3 rings (SSSR count). The SMILES string of the molecule is O=C(Nc1n[nH]cc1-c1ccccc1)c1ccccc1. The molecular weight excluding hydrogens is 250 g/mol. The maximum absolute atomic E-state index is 12.1. The summed E-state index contributed by atoms with van der Waals surface area (Å²) in [6, 6.07) is 18.9. The molecule has 0 spiro atoms. The molecule has 0 saturated heterocycles. The molecule has 0 bridgehead atoms. The lowest BCUT2D eigenvalue weighted by Gasteiger charge is -2.05. The Bertz CT molecular complexity index is 705. The van der Waals surface area contributed by atoms with E-state index in [9.17, 15) is 4.79 Å². The number of nitrogens with zero attached hydrogens (tertiary/aromatic N) is 1. The monoisotopic (exact) mass is 263 g/mol. The topological polar surface area (TPSA) is 57.8 Å². The van der Waals surface area contributed by atoms with Crippen LogP contribution in [-0.4, -0.2) is 16.1 Å². The van der Waals surface area contributed by atoms with E-state index in [-0.39, 0.29) is 5.91 Å². The summed E-state index contributed by atoms with van der Waals surface area (Å²) in [7, 11) is 0. The lowest BCUT2D eigenvalue weighted by Crippen LogP contribution is -2.12. The maximum Gasteiger partial charge on any atom is 0.256 e. The lowest BCUT2D eigenvalue weighted by atomic mass is 10.1. The first-order valence-electron chi connectivity index (χ1n) is 6.30. The number of nitrogens with one attached hydrogen (secondary N) is 2. The first kappa shape index (κ1) is 12.2. The summed E-state index contributed by atoms with van der Waals surface area (Å²) in [5.74, 6) is 0.361. The second-order valence-corrected chi connectivity index (χ2v) is 4.33. The van der Waals surface area contributed by atoms with Crippen LogP contribution in [0.3, 0.4) is 0 Å². The fraction of sp³-hybridized carbons (Fsp3) is 0. The van der Waals surface area contributed by atoms with Crippen molar-refractivity contribution in [3.63, 3.8) is 0 Å². The van der Waals surface area contributed by atoms with E-state index in [1.165, 1.54) is 0 Å². The summed E-state index contributed by atoms with van der Waals surface area (Å²) in [6.45, 7) is 0. The lowest BCUT2D eigenvalue weighted by molar-refractivity contribution is 0.102. The van der Waals surface area contributed by atoms with Crippen LogP contribution in [0, 0.1) is 0 Å². The number of H-pyrrole nitrogens is 1. The zero-order valence-electron chi connectivity index (χ0n) is 10.7. The van der Waals surface area contributed by atoms with Gasteiger partial charge in [-0.25, -0.2) is 0 Å². The molecule has 4 heteroatoms. The maximum atomic E-state index is 12.1. The molecule has 4 nitrogen and oxygen atoms in total. The molecule has 0 aliphatic heterocycles. The standard InChI is InChI=1S/C16H13N3O/c20-16(13-9-5-2-6-10-13)18-15-14(11-17-19-15)12-7-3-1-4-8-12/h1-11H,(H2,17,18,19,20). The molecule has 0 unspecified atom stereocenters. The second-order valence-electron chi connectivity index (χ2n) is 4.33. The van der Waals surface area contributed by atoms with Crippen LogP contribution in [0.1, 0.15) is 10.4 Å². The summed E-state index contributed by atoms with van der Waals surface area (Å²) < 4.78 is 0. The van der Waals surface area contributed by atoms with Gasteiger partial charge in [-0.05, 0) is 17.7 Å².